The molecule has 1 heterocycles. The molecule has 1 aromatic carbocycles. The first-order valence-corrected chi connectivity index (χ1v) is 9.17. The number of hydrogen-bond donors (Lipinski definition) is 5. The van der Waals surface area contributed by atoms with Gasteiger partial charge in [-0.1, -0.05) is 18.2 Å². The Morgan fingerprint density at radius 2 is 1.86 bits per heavy atom. The number of aromatic amines is 1. The maximum absolute atomic E-state index is 12.5. The minimum Gasteiger partial charge on any atom is -0.461 e. The summed E-state index contributed by atoms with van der Waals surface area (Å²) in [5.41, 5.74) is 3.74. The van der Waals surface area contributed by atoms with Gasteiger partial charge in [-0.2, -0.15) is 0 Å². The lowest BCUT2D eigenvalue weighted by molar-refractivity contribution is 0.0519. The van der Waals surface area contributed by atoms with Crippen molar-refractivity contribution < 1.29 is 30.0 Å². The van der Waals surface area contributed by atoms with Gasteiger partial charge in [-0.3, -0.25) is 4.99 Å². The molecule has 0 aliphatic rings. The third-order valence-electron chi connectivity index (χ3n) is 4.55. The van der Waals surface area contributed by atoms with Crippen molar-refractivity contribution in [3.63, 3.8) is 0 Å². The monoisotopic (exact) mass is 402 g/mol. The Labute approximate surface area is 168 Å². The second-order valence-corrected chi connectivity index (χ2v) is 6.14. The van der Waals surface area contributed by atoms with Gasteiger partial charge >= 0.3 is 5.97 Å². The SMILES string of the molecule is C=CCc1c(C(=O)OCC)[nH]c(C=NCO)c1-c1ccc(CO)c(CO)c1CO. The lowest BCUT2D eigenvalue weighted by Crippen LogP contribution is -2.08. The normalized spacial score (nSPS) is 11.2. The molecule has 0 spiro atoms. The predicted octanol–water partition coefficient (Wildman–Crippen LogP) is 1.43. The smallest absolute Gasteiger partial charge is 0.355 e. The number of aliphatic hydroxyl groups excluding tert-OH is 4. The van der Waals surface area contributed by atoms with Crippen LogP contribution in [0.3, 0.4) is 0 Å². The standard InChI is InChI=1S/C21H26N2O6/c1-3-5-15-19(14-7-6-13(9-24)16(10-25)17(14)11-26)18(8-22-12-27)23-20(15)21(28)29-4-2/h3,6-8,23-27H,1,4-5,9-12H2,2H3. The zero-order valence-corrected chi connectivity index (χ0v) is 16.3. The number of hydrogen-bond acceptors (Lipinski definition) is 7. The number of carbonyl (C=O) groups is 1. The fourth-order valence-corrected chi connectivity index (χ4v) is 3.32. The summed E-state index contributed by atoms with van der Waals surface area (Å²) in [5.74, 6) is -0.547. The van der Waals surface area contributed by atoms with Crippen LogP contribution in [0.1, 0.15) is 45.4 Å². The van der Waals surface area contributed by atoms with Gasteiger partial charge in [0.05, 0.1) is 32.1 Å². The van der Waals surface area contributed by atoms with Crippen LogP contribution in [-0.4, -0.2) is 50.9 Å². The summed E-state index contributed by atoms with van der Waals surface area (Å²) >= 11 is 0. The van der Waals surface area contributed by atoms with Gasteiger partial charge in [0, 0.05) is 11.8 Å². The molecule has 0 amide bonds. The van der Waals surface area contributed by atoms with E-state index < -0.39 is 12.7 Å². The molecule has 0 unspecified atom stereocenters. The van der Waals surface area contributed by atoms with Crippen LogP contribution < -0.4 is 0 Å². The van der Waals surface area contributed by atoms with Crippen molar-refractivity contribution in [3.05, 3.63) is 58.4 Å². The van der Waals surface area contributed by atoms with Crippen molar-refractivity contribution in [1.29, 1.82) is 0 Å². The van der Waals surface area contributed by atoms with Crippen LogP contribution in [-0.2, 0) is 31.0 Å². The number of nitrogens with zero attached hydrogens (tertiary/aromatic N) is 1. The highest BCUT2D eigenvalue weighted by Crippen LogP contribution is 2.36. The van der Waals surface area contributed by atoms with E-state index in [1.165, 1.54) is 6.21 Å². The highest BCUT2D eigenvalue weighted by Gasteiger charge is 2.25. The summed E-state index contributed by atoms with van der Waals surface area (Å²) in [6.07, 6.45) is 3.36. The van der Waals surface area contributed by atoms with E-state index >= 15 is 0 Å². The quantitative estimate of drug-likeness (QED) is 0.232. The molecule has 2 aromatic rings. The molecule has 8 nitrogen and oxygen atoms in total. The van der Waals surface area contributed by atoms with Crippen LogP contribution in [0.25, 0.3) is 11.1 Å². The topological polar surface area (TPSA) is 135 Å². The van der Waals surface area contributed by atoms with Gasteiger partial charge in [0.25, 0.3) is 0 Å². The molecule has 0 aliphatic heterocycles. The third-order valence-corrected chi connectivity index (χ3v) is 4.55. The Morgan fingerprint density at radius 3 is 2.41 bits per heavy atom. The maximum Gasteiger partial charge on any atom is 0.355 e. The Morgan fingerprint density at radius 1 is 1.14 bits per heavy atom. The molecule has 8 heteroatoms. The number of allylic oxidation sites excluding steroid dienone is 1. The average molecular weight is 402 g/mol. The molecule has 29 heavy (non-hydrogen) atoms. The summed E-state index contributed by atoms with van der Waals surface area (Å²) < 4.78 is 5.14. The number of esters is 1. The van der Waals surface area contributed by atoms with E-state index in [2.05, 4.69) is 16.6 Å². The number of aliphatic hydroxyl groups is 4. The second-order valence-electron chi connectivity index (χ2n) is 6.14. The molecule has 5 N–H and O–H groups in total. The summed E-state index contributed by atoms with van der Waals surface area (Å²) in [4.78, 5) is 19.3. The van der Waals surface area contributed by atoms with Crippen molar-refractivity contribution in [2.45, 2.75) is 33.2 Å². The Bertz CT molecular complexity index is 901. The van der Waals surface area contributed by atoms with Crippen LogP contribution in [0.4, 0.5) is 0 Å². The number of H-pyrrole nitrogens is 1. The lowest BCUT2D eigenvalue weighted by Gasteiger charge is -2.16. The second kappa shape index (κ2) is 10.7. The molecule has 0 aliphatic carbocycles. The first kappa shape index (κ1) is 22.5. The average Bonchev–Trinajstić information content (AvgIpc) is 3.09. The van der Waals surface area contributed by atoms with Gasteiger partial charge < -0.3 is 30.1 Å². The van der Waals surface area contributed by atoms with Gasteiger partial charge in [0.15, 0.2) is 0 Å². The van der Waals surface area contributed by atoms with Crippen LogP contribution >= 0.6 is 0 Å². The van der Waals surface area contributed by atoms with Gasteiger partial charge in [0.2, 0.25) is 0 Å². The van der Waals surface area contributed by atoms with Gasteiger partial charge in [-0.05, 0) is 41.2 Å². The Hall–Kier alpha value is -2.78. The largest absolute Gasteiger partial charge is 0.461 e. The van der Waals surface area contributed by atoms with Crippen molar-refractivity contribution in [2.24, 2.45) is 4.99 Å². The van der Waals surface area contributed by atoms with Crippen LogP contribution in [0.15, 0.2) is 29.8 Å². The zero-order chi connectivity index (χ0) is 21.4. The minimum atomic E-state index is -0.547. The number of nitrogens with one attached hydrogen (secondary N) is 1. The number of benzene rings is 1. The molecule has 0 fully saturated rings. The van der Waals surface area contributed by atoms with E-state index in [4.69, 9.17) is 9.84 Å². The van der Waals surface area contributed by atoms with Gasteiger partial charge in [-0.15, -0.1) is 6.58 Å². The van der Waals surface area contributed by atoms with E-state index in [-0.39, 0.29) is 32.1 Å². The Kier molecular flexibility index (Phi) is 8.29. The number of aromatic nitrogens is 1. The molecule has 1 aromatic heterocycles. The van der Waals surface area contributed by atoms with Crippen LogP contribution in [0.5, 0.6) is 0 Å². The molecule has 0 saturated carbocycles. The van der Waals surface area contributed by atoms with Gasteiger partial charge in [0.1, 0.15) is 12.4 Å². The number of aliphatic imine (C=N–C) groups is 1. The number of rotatable bonds is 10. The van der Waals surface area contributed by atoms with Crippen molar-refractivity contribution in [3.8, 4) is 11.1 Å². The lowest BCUT2D eigenvalue weighted by atomic mass is 9.89. The molecule has 156 valence electrons. The van der Waals surface area contributed by atoms with Crippen molar-refractivity contribution >= 4 is 12.2 Å². The highest BCUT2D eigenvalue weighted by atomic mass is 16.5. The molecular weight excluding hydrogens is 376 g/mol. The molecule has 0 saturated heterocycles. The van der Waals surface area contributed by atoms with E-state index in [9.17, 15) is 20.1 Å². The molecule has 0 bridgehead atoms. The van der Waals surface area contributed by atoms with Crippen LogP contribution in [0.2, 0.25) is 0 Å². The number of carbonyl (C=O) groups excluding carboxylic acids is 1. The van der Waals surface area contributed by atoms with Crippen molar-refractivity contribution in [2.75, 3.05) is 13.3 Å². The van der Waals surface area contributed by atoms with E-state index in [1.54, 1.807) is 25.1 Å². The fourth-order valence-electron chi connectivity index (χ4n) is 3.32. The fraction of sp³-hybridized carbons (Fsp3) is 0.333. The summed E-state index contributed by atoms with van der Waals surface area (Å²) in [7, 11) is 0. The van der Waals surface area contributed by atoms with E-state index in [0.717, 1.165) is 0 Å². The van der Waals surface area contributed by atoms with Crippen molar-refractivity contribution in [1.82, 2.24) is 4.98 Å². The molecular formula is C21H26N2O6. The van der Waals surface area contributed by atoms with E-state index in [0.29, 0.717) is 45.5 Å². The summed E-state index contributed by atoms with van der Waals surface area (Å²) in [5, 5.41) is 38.5. The van der Waals surface area contributed by atoms with Gasteiger partial charge in [-0.25, -0.2) is 4.79 Å². The molecule has 2 rings (SSSR count). The maximum atomic E-state index is 12.5. The first-order valence-electron chi connectivity index (χ1n) is 9.17. The molecule has 0 radical (unpaired) electrons. The zero-order valence-electron chi connectivity index (χ0n) is 16.3. The first-order chi connectivity index (χ1) is 14.1. The summed E-state index contributed by atoms with van der Waals surface area (Å²) in [6, 6.07) is 3.36. The highest BCUT2D eigenvalue weighted by molar-refractivity contribution is 5.99. The third kappa shape index (κ3) is 4.63. The minimum absolute atomic E-state index is 0.197. The summed E-state index contributed by atoms with van der Waals surface area (Å²) in [6.45, 7) is 4.16. The Balaban J connectivity index is 2.87. The van der Waals surface area contributed by atoms with Crippen LogP contribution in [0, 0.1) is 0 Å². The molecule has 0 atom stereocenters. The number of ether oxygens (including phenoxy) is 1. The van der Waals surface area contributed by atoms with E-state index in [1.807, 2.05) is 0 Å². The predicted molar refractivity (Wildman–Crippen MR) is 109 cm³/mol.